The third kappa shape index (κ3) is 15.7. The monoisotopic (exact) mass is 152 g/mol. The van der Waals surface area contributed by atoms with Crippen LogP contribution in [0.15, 0.2) is 0 Å². The van der Waals surface area contributed by atoms with Crippen molar-refractivity contribution >= 4 is 0 Å². The lowest BCUT2D eigenvalue weighted by molar-refractivity contribution is 0.0500. The molecule has 0 heterocycles. The van der Waals surface area contributed by atoms with Gasteiger partial charge in [0.2, 0.25) is 0 Å². The average molecular weight is 152 g/mol. The maximum atomic E-state index is 8.20. The Hall–Kier alpha value is -0.160. The molecule has 0 rings (SSSR count). The standard InChI is InChI=1S/C5H12O3.CH4O/c1-7-4-5-8-3-2-6;1-2/h6H,2-5H2,1H3;2H,1H3. The van der Waals surface area contributed by atoms with Crippen molar-refractivity contribution in [3.63, 3.8) is 0 Å². The summed E-state index contributed by atoms with van der Waals surface area (Å²) in [6.07, 6.45) is 0. The quantitative estimate of drug-likeness (QED) is 0.509. The topological polar surface area (TPSA) is 58.9 Å². The van der Waals surface area contributed by atoms with Crippen LogP contribution >= 0.6 is 0 Å². The van der Waals surface area contributed by atoms with Crippen molar-refractivity contribution in [2.45, 2.75) is 0 Å². The highest BCUT2D eigenvalue weighted by atomic mass is 16.5. The van der Waals surface area contributed by atoms with Crippen LogP contribution in [0.3, 0.4) is 0 Å². The molecule has 0 aromatic heterocycles. The molecule has 0 aromatic rings. The van der Waals surface area contributed by atoms with Gasteiger partial charge in [0.15, 0.2) is 0 Å². The number of hydrogen-bond donors (Lipinski definition) is 2. The molecule has 0 fully saturated rings. The lowest BCUT2D eigenvalue weighted by Gasteiger charge is -1.98. The van der Waals surface area contributed by atoms with Gasteiger partial charge in [-0.25, -0.2) is 0 Å². The Bertz CT molecular complexity index is 34.7. The van der Waals surface area contributed by atoms with Crippen LogP contribution in [0.1, 0.15) is 0 Å². The molecule has 64 valence electrons. The number of aliphatic hydroxyl groups is 2. The van der Waals surface area contributed by atoms with Crippen molar-refractivity contribution in [2.24, 2.45) is 0 Å². The van der Waals surface area contributed by atoms with E-state index in [1.54, 1.807) is 7.11 Å². The lowest BCUT2D eigenvalue weighted by atomic mass is 10.7. The predicted molar refractivity (Wildman–Crippen MR) is 37.9 cm³/mol. The van der Waals surface area contributed by atoms with Crippen LogP contribution < -0.4 is 0 Å². The minimum Gasteiger partial charge on any atom is -0.400 e. The Morgan fingerprint density at radius 2 is 1.70 bits per heavy atom. The van der Waals surface area contributed by atoms with Crippen molar-refractivity contribution in [2.75, 3.05) is 40.6 Å². The third-order valence-corrected chi connectivity index (χ3v) is 0.667. The highest BCUT2D eigenvalue weighted by Crippen LogP contribution is 1.72. The summed E-state index contributed by atoms with van der Waals surface area (Å²) in [5.41, 5.74) is 0. The second-order valence-corrected chi connectivity index (χ2v) is 1.33. The number of rotatable bonds is 5. The highest BCUT2D eigenvalue weighted by molar-refractivity contribution is 4.26. The van der Waals surface area contributed by atoms with Gasteiger partial charge in [-0.15, -0.1) is 0 Å². The van der Waals surface area contributed by atoms with E-state index in [4.69, 9.17) is 14.9 Å². The van der Waals surface area contributed by atoms with Gasteiger partial charge in [-0.2, -0.15) is 0 Å². The largest absolute Gasteiger partial charge is 0.400 e. The molecule has 0 saturated heterocycles. The van der Waals surface area contributed by atoms with Crippen molar-refractivity contribution < 1.29 is 19.7 Å². The Morgan fingerprint density at radius 1 is 1.10 bits per heavy atom. The third-order valence-electron chi connectivity index (χ3n) is 0.667. The van der Waals surface area contributed by atoms with E-state index in [0.29, 0.717) is 19.8 Å². The van der Waals surface area contributed by atoms with E-state index in [-0.39, 0.29) is 6.61 Å². The molecule has 0 aliphatic heterocycles. The molecule has 0 amide bonds. The maximum Gasteiger partial charge on any atom is 0.0701 e. The van der Waals surface area contributed by atoms with E-state index >= 15 is 0 Å². The van der Waals surface area contributed by atoms with Gasteiger partial charge in [-0.05, 0) is 0 Å². The second kappa shape index (κ2) is 15.9. The van der Waals surface area contributed by atoms with Gasteiger partial charge in [0, 0.05) is 14.2 Å². The molecule has 4 nitrogen and oxygen atoms in total. The summed E-state index contributed by atoms with van der Waals surface area (Å²) in [4.78, 5) is 0. The van der Waals surface area contributed by atoms with Crippen LogP contribution in [0.5, 0.6) is 0 Å². The zero-order valence-electron chi connectivity index (χ0n) is 6.54. The summed E-state index contributed by atoms with van der Waals surface area (Å²) in [6.45, 7) is 1.66. The first-order valence-corrected chi connectivity index (χ1v) is 3.04. The average Bonchev–Trinajstić information content (AvgIpc) is 2.02. The molecule has 0 saturated carbocycles. The van der Waals surface area contributed by atoms with Gasteiger partial charge in [0.05, 0.1) is 26.4 Å². The van der Waals surface area contributed by atoms with Crippen LogP contribution in [-0.2, 0) is 9.47 Å². The maximum absolute atomic E-state index is 8.20. The molecule has 4 heteroatoms. The summed E-state index contributed by atoms with van der Waals surface area (Å²) in [6, 6.07) is 0. The van der Waals surface area contributed by atoms with E-state index in [9.17, 15) is 0 Å². The SMILES string of the molecule is CO.COCCOCCO. The Labute approximate surface area is 61.4 Å². The Kier molecular flexibility index (Phi) is 19.9. The van der Waals surface area contributed by atoms with Crippen LogP contribution in [0.25, 0.3) is 0 Å². The molecule has 2 N–H and O–H groups in total. The first kappa shape index (κ1) is 12.5. The molecule has 0 spiro atoms. The summed E-state index contributed by atoms with van der Waals surface area (Å²) in [7, 11) is 2.61. The van der Waals surface area contributed by atoms with Gasteiger partial charge in [0.25, 0.3) is 0 Å². The van der Waals surface area contributed by atoms with Crippen molar-refractivity contribution in [1.82, 2.24) is 0 Å². The Balaban J connectivity index is 0. The molecule has 0 unspecified atom stereocenters. The first-order valence-electron chi connectivity index (χ1n) is 3.04. The fourth-order valence-corrected chi connectivity index (χ4v) is 0.309. The molecule has 0 atom stereocenters. The van der Waals surface area contributed by atoms with Gasteiger partial charge < -0.3 is 19.7 Å². The normalized spacial score (nSPS) is 8.40. The molecule has 0 bridgehead atoms. The van der Waals surface area contributed by atoms with Crippen molar-refractivity contribution in [3.05, 3.63) is 0 Å². The molecular weight excluding hydrogens is 136 g/mol. The lowest BCUT2D eigenvalue weighted by Crippen LogP contribution is -2.05. The summed E-state index contributed by atoms with van der Waals surface area (Å²) < 4.78 is 9.53. The number of aliphatic hydroxyl groups excluding tert-OH is 2. The zero-order valence-corrected chi connectivity index (χ0v) is 6.54. The summed E-state index contributed by atoms with van der Waals surface area (Å²) in [5.74, 6) is 0. The van der Waals surface area contributed by atoms with Crippen LogP contribution in [0.4, 0.5) is 0 Å². The Morgan fingerprint density at radius 3 is 2.10 bits per heavy atom. The molecule has 0 aliphatic carbocycles. The smallest absolute Gasteiger partial charge is 0.0701 e. The summed E-state index contributed by atoms with van der Waals surface area (Å²) in [5, 5.41) is 15.2. The molecular formula is C6H16O4. The van der Waals surface area contributed by atoms with Crippen molar-refractivity contribution in [3.8, 4) is 0 Å². The van der Waals surface area contributed by atoms with E-state index in [1.165, 1.54) is 0 Å². The zero-order chi connectivity index (χ0) is 8.24. The molecule has 10 heavy (non-hydrogen) atoms. The van der Waals surface area contributed by atoms with E-state index in [2.05, 4.69) is 4.74 Å². The van der Waals surface area contributed by atoms with Crippen molar-refractivity contribution in [1.29, 1.82) is 0 Å². The van der Waals surface area contributed by atoms with Crippen LogP contribution in [0, 0.1) is 0 Å². The van der Waals surface area contributed by atoms with E-state index in [1.807, 2.05) is 0 Å². The summed E-state index contributed by atoms with van der Waals surface area (Å²) >= 11 is 0. The van der Waals surface area contributed by atoms with Crippen LogP contribution in [-0.4, -0.2) is 50.9 Å². The van der Waals surface area contributed by atoms with Gasteiger partial charge in [0.1, 0.15) is 0 Å². The predicted octanol–water partition coefficient (Wildman–Crippen LogP) is -0.750. The molecule has 0 radical (unpaired) electrons. The molecule has 0 aliphatic rings. The van der Waals surface area contributed by atoms with Crippen LogP contribution in [0.2, 0.25) is 0 Å². The number of ether oxygens (including phenoxy) is 2. The number of methoxy groups -OCH3 is 1. The fraction of sp³-hybridized carbons (Fsp3) is 1.00. The van der Waals surface area contributed by atoms with Gasteiger partial charge in [-0.1, -0.05) is 0 Å². The molecule has 0 aromatic carbocycles. The second-order valence-electron chi connectivity index (χ2n) is 1.33. The minimum absolute atomic E-state index is 0.0870. The van der Waals surface area contributed by atoms with E-state index < -0.39 is 0 Å². The first-order chi connectivity index (χ1) is 4.91. The fourth-order valence-electron chi connectivity index (χ4n) is 0.309. The van der Waals surface area contributed by atoms with Gasteiger partial charge in [-0.3, -0.25) is 0 Å². The number of hydrogen-bond acceptors (Lipinski definition) is 4. The minimum atomic E-state index is 0.0870. The van der Waals surface area contributed by atoms with Gasteiger partial charge >= 0.3 is 0 Å². The van der Waals surface area contributed by atoms with E-state index in [0.717, 1.165) is 7.11 Å². The highest BCUT2D eigenvalue weighted by Gasteiger charge is 1.82.